The Morgan fingerprint density at radius 2 is 1.93 bits per heavy atom. The van der Waals surface area contributed by atoms with Crippen LogP contribution in [0.1, 0.15) is 17.3 Å². The van der Waals surface area contributed by atoms with E-state index in [-0.39, 0.29) is 0 Å². The van der Waals surface area contributed by atoms with Crippen LogP contribution in [-0.4, -0.2) is 4.98 Å². The van der Waals surface area contributed by atoms with Gasteiger partial charge in [0, 0.05) is 18.3 Å². The summed E-state index contributed by atoms with van der Waals surface area (Å²) in [5.74, 6) is 0. The summed E-state index contributed by atoms with van der Waals surface area (Å²) in [5, 5.41) is 3.49. The van der Waals surface area contributed by atoms with Crippen LogP contribution in [0.25, 0.3) is 0 Å². The lowest BCUT2D eigenvalue weighted by molar-refractivity contribution is 0.788. The third-order valence-electron chi connectivity index (χ3n) is 2.82. The lowest BCUT2D eigenvalue weighted by atomic mass is 10.1. The van der Waals surface area contributed by atoms with E-state index in [0.29, 0.717) is 6.04 Å². The van der Waals surface area contributed by atoms with Gasteiger partial charge >= 0.3 is 0 Å². The second-order valence-electron chi connectivity index (χ2n) is 3.81. The minimum absolute atomic E-state index is 0.337. The minimum atomic E-state index is 0.337. The number of fused-ring (bicyclic) bond motifs is 1. The van der Waals surface area contributed by atoms with Crippen molar-refractivity contribution in [3.8, 4) is 0 Å². The van der Waals surface area contributed by atoms with Crippen molar-refractivity contribution in [2.45, 2.75) is 12.5 Å². The van der Waals surface area contributed by atoms with E-state index in [0.717, 1.165) is 12.1 Å². The first-order valence-electron chi connectivity index (χ1n) is 5.19. The van der Waals surface area contributed by atoms with Crippen molar-refractivity contribution >= 4 is 5.69 Å². The molecule has 0 fully saturated rings. The van der Waals surface area contributed by atoms with Gasteiger partial charge in [-0.05, 0) is 23.8 Å². The fraction of sp³-hybridized carbons (Fsp3) is 0.154. The van der Waals surface area contributed by atoms with Gasteiger partial charge < -0.3 is 5.32 Å². The number of benzene rings is 1. The first-order chi connectivity index (χ1) is 7.43. The molecule has 1 aliphatic heterocycles. The van der Waals surface area contributed by atoms with Crippen LogP contribution >= 0.6 is 0 Å². The quantitative estimate of drug-likeness (QED) is 0.758. The van der Waals surface area contributed by atoms with Crippen molar-refractivity contribution in [3.63, 3.8) is 0 Å². The topological polar surface area (TPSA) is 24.9 Å². The van der Waals surface area contributed by atoms with Gasteiger partial charge in [-0.3, -0.25) is 4.98 Å². The van der Waals surface area contributed by atoms with E-state index >= 15 is 0 Å². The van der Waals surface area contributed by atoms with E-state index in [1.54, 1.807) is 0 Å². The average molecular weight is 196 g/mol. The molecular weight excluding hydrogens is 184 g/mol. The molecule has 2 aromatic rings. The second-order valence-corrected chi connectivity index (χ2v) is 3.81. The van der Waals surface area contributed by atoms with E-state index in [2.05, 4.69) is 40.6 Å². The van der Waals surface area contributed by atoms with E-state index in [1.165, 1.54) is 11.3 Å². The molecule has 0 unspecified atom stereocenters. The summed E-state index contributed by atoms with van der Waals surface area (Å²) in [4.78, 5) is 4.38. The number of para-hydroxylation sites is 1. The maximum absolute atomic E-state index is 4.38. The number of hydrogen-bond donors (Lipinski definition) is 1. The van der Waals surface area contributed by atoms with Crippen molar-refractivity contribution in [2.75, 3.05) is 5.32 Å². The molecule has 2 heterocycles. The summed E-state index contributed by atoms with van der Waals surface area (Å²) in [6, 6.07) is 14.8. The number of aromatic nitrogens is 1. The summed E-state index contributed by atoms with van der Waals surface area (Å²) in [6.45, 7) is 0. The second kappa shape index (κ2) is 3.39. The van der Waals surface area contributed by atoms with Crippen LogP contribution in [0.5, 0.6) is 0 Å². The standard InChI is InChI=1S/C13H12N2/c1-2-6-11-10(5-1)9-13(15-11)12-7-3-4-8-14-12/h1-8,13,15H,9H2/t13-/m0/s1. The fourth-order valence-electron chi connectivity index (χ4n) is 2.06. The maximum Gasteiger partial charge on any atom is 0.0726 e. The van der Waals surface area contributed by atoms with Crippen LogP contribution < -0.4 is 5.32 Å². The Hall–Kier alpha value is -1.83. The average Bonchev–Trinajstić information content (AvgIpc) is 2.74. The Bertz CT molecular complexity index is 440. The van der Waals surface area contributed by atoms with Crippen molar-refractivity contribution < 1.29 is 0 Å². The van der Waals surface area contributed by atoms with Crippen LogP contribution in [0.15, 0.2) is 48.7 Å². The Morgan fingerprint density at radius 3 is 2.73 bits per heavy atom. The smallest absolute Gasteiger partial charge is 0.0726 e. The van der Waals surface area contributed by atoms with E-state index < -0.39 is 0 Å². The molecule has 0 saturated carbocycles. The predicted octanol–water partition coefficient (Wildman–Crippen LogP) is 2.79. The van der Waals surface area contributed by atoms with Gasteiger partial charge in [0.05, 0.1) is 11.7 Å². The highest BCUT2D eigenvalue weighted by Crippen LogP contribution is 2.32. The summed E-state index contributed by atoms with van der Waals surface area (Å²) >= 11 is 0. The van der Waals surface area contributed by atoms with Gasteiger partial charge in [-0.15, -0.1) is 0 Å². The largest absolute Gasteiger partial charge is 0.376 e. The van der Waals surface area contributed by atoms with Crippen LogP contribution in [0.4, 0.5) is 5.69 Å². The Kier molecular flexibility index (Phi) is 1.91. The molecule has 0 saturated heterocycles. The van der Waals surface area contributed by atoms with Crippen molar-refractivity contribution in [1.29, 1.82) is 0 Å². The number of hydrogen-bond acceptors (Lipinski definition) is 2. The molecule has 15 heavy (non-hydrogen) atoms. The molecular formula is C13H12N2. The minimum Gasteiger partial charge on any atom is -0.376 e. The van der Waals surface area contributed by atoms with E-state index in [4.69, 9.17) is 0 Å². The zero-order chi connectivity index (χ0) is 10.1. The first kappa shape index (κ1) is 8.48. The highest BCUT2D eigenvalue weighted by Gasteiger charge is 2.21. The maximum atomic E-state index is 4.38. The molecule has 1 N–H and O–H groups in total. The highest BCUT2D eigenvalue weighted by molar-refractivity contribution is 5.57. The molecule has 0 radical (unpaired) electrons. The zero-order valence-electron chi connectivity index (χ0n) is 8.35. The summed E-state index contributed by atoms with van der Waals surface area (Å²) < 4.78 is 0. The summed E-state index contributed by atoms with van der Waals surface area (Å²) in [5.41, 5.74) is 3.75. The Morgan fingerprint density at radius 1 is 1.07 bits per heavy atom. The molecule has 2 nitrogen and oxygen atoms in total. The van der Waals surface area contributed by atoms with Crippen LogP contribution in [-0.2, 0) is 6.42 Å². The molecule has 0 amide bonds. The molecule has 1 aromatic carbocycles. The third-order valence-corrected chi connectivity index (χ3v) is 2.82. The summed E-state index contributed by atoms with van der Waals surface area (Å²) in [6.07, 6.45) is 2.88. The molecule has 3 rings (SSSR count). The van der Waals surface area contributed by atoms with Gasteiger partial charge in [-0.1, -0.05) is 24.3 Å². The number of pyridine rings is 1. The third kappa shape index (κ3) is 1.48. The first-order valence-corrected chi connectivity index (χ1v) is 5.19. The molecule has 1 aromatic heterocycles. The molecule has 74 valence electrons. The Labute approximate surface area is 89.0 Å². The molecule has 1 aliphatic rings. The van der Waals surface area contributed by atoms with Gasteiger partial charge in [0.2, 0.25) is 0 Å². The molecule has 0 aliphatic carbocycles. The van der Waals surface area contributed by atoms with Crippen LogP contribution in [0.2, 0.25) is 0 Å². The number of nitrogens with zero attached hydrogens (tertiary/aromatic N) is 1. The van der Waals surface area contributed by atoms with Gasteiger partial charge in [0.15, 0.2) is 0 Å². The lowest BCUT2D eigenvalue weighted by Gasteiger charge is -2.09. The van der Waals surface area contributed by atoms with Crippen molar-refractivity contribution in [1.82, 2.24) is 4.98 Å². The summed E-state index contributed by atoms with van der Waals surface area (Å²) in [7, 11) is 0. The van der Waals surface area contributed by atoms with E-state index in [9.17, 15) is 0 Å². The Balaban J connectivity index is 1.91. The monoisotopic (exact) mass is 196 g/mol. The number of nitrogens with one attached hydrogen (secondary N) is 1. The molecule has 2 heteroatoms. The van der Waals surface area contributed by atoms with Gasteiger partial charge in [0.1, 0.15) is 0 Å². The van der Waals surface area contributed by atoms with Crippen molar-refractivity contribution in [3.05, 3.63) is 59.9 Å². The van der Waals surface area contributed by atoms with Crippen LogP contribution in [0.3, 0.4) is 0 Å². The van der Waals surface area contributed by atoms with Crippen molar-refractivity contribution in [2.24, 2.45) is 0 Å². The molecule has 0 spiro atoms. The molecule has 1 atom stereocenters. The van der Waals surface area contributed by atoms with E-state index in [1.807, 2.05) is 18.3 Å². The van der Waals surface area contributed by atoms with Crippen LogP contribution in [0, 0.1) is 0 Å². The fourth-order valence-corrected chi connectivity index (χ4v) is 2.06. The van der Waals surface area contributed by atoms with Gasteiger partial charge in [-0.2, -0.15) is 0 Å². The normalized spacial score (nSPS) is 18.3. The highest BCUT2D eigenvalue weighted by atomic mass is 15.0. The molecule has 0 bridgehead atoms. The van der Waals surface area contributed by atoms with Gasteiger partial charge in [-0.25, -0.2) is 0 Å². The predicted molar refractivity (Wildman–Crippen MR) is 60.7 cm³/mol. The number of rotatable bonds is 1. The SMILES string of the molecule is c1ccc([C@@H]2Cc3ccccc3N2)nc1. The zero-order valence-corrected chi connectivity index (χ0v) is 8.35. The van der Waals surface area contributed by atoms with Gasteiger partial charge in [0.25, 0.3) is 0 Å². The number of anilines is 1. The lowest BCUT2D eigenvalue weighted by Crippen LogP contribution is -2.07.